The molecular formula is C15H27ClN4OS. The predicted octanol–water partition coefficient (Wildman–Crippen LogP) is 1.79. The Hall–Kier alpha value is -0.720. The molecule has 126 valence electrons. The van der Waals surface area contributed by atoms with Gasteiger partial charge in [0, 0.05) is 49.3 Å². The lowest BCUT2D eigenvalue weighted by Crippen LogP contribution is -2.35. The van der Waals surface area contributed by atoms with E-state index in [0.717, 1.165) is 31.0 Å². The molecular weight excluding hydrogens is 320 g/mol. The fraction of sp³-hybridized carbons (Fsp3) is 0.733. The first kappa shape index (κ1) is 19.3. The molecule has 2 atom stereocenters. The Morgan fingerprint density at radius 1 is 1.50 bits per heavy atom. The maximum atomic E-state index is 12.4. The van der Waals surface area contributed by atoms with E-state index in [0.29, 0.717) is 0 Å². The van der Waals surface area contributed by atoms with E-state index < -0.39 is 0 Å². The second-order valence-corrected chi connectivity index (χ2v) is 8.49. The molecule has 0 radical (unpaired) electrons. The van der Waals surface area contributed by atoms with Gasteiger partial charge in [0.15, 0.2) is 0 Å². The summed E-state index contributed by atoms with van der Waals surface area (Å²) in [5.41, 5.74) is 1.15. The van der Waals surface area contributed by atoms with E-state index in [-0.39, 0.29) is 34.9 Å². The van der Waals surface area contributed by atoms with Gasteiger partial charge in [-0.3, -0.25) is 9.48 Å². The highest BCUT2D eigenvalue weighted by molar-refractivity contribution is 8.00. The average molecular weight is 347 g/mol. The highest BCUT2D eigenvalue weighted by Crippen LogP contribution is 2.28. The quantitative estimate of drug-likeness (QED) is 0.798. The number of hydrogen-bond acceptors (Lipinski definition) is 4. The fourth-order valence-corrected chi connectivity index (χ4v) is 3.42. The van der Waals surface area contributed by atoms with Crippen molar-refractivity contribution in [2.24, 2.45) is 13.0 Å². The molecule has 0 spiro atoms. The van der Waals surface area contributed by atoms with Crippen LogP contribution in [-0.2, 0) is 11.8 Å². The van der Waals surface area contributed by atoms with Gasteiger partial charge in [-0.2, -0.15) is 16.9 Å². The topological polar surface area (TPSA) is 59.0 Å². The zero-order valence-electron chi connectivity index (χ0n) is 13.8. The zero-order chi connectivity index (χ0) is 15.5. The number of thioether (sulfide) groups is 1. The molecule has 1 aromatic heterocycles. The van der Waals surface area contributed by atoms with Crippen LogP contribution in [0.4, 0.5) is 0 Å². The molecule has 1 aromatic rings. The van der Waals surface area contributed by atoms with E-state index in [9.17, 15) is 4.79 Å². The normalized spacial score (nSPS) is 21.5. The molecule has 0 aromatic carbocycles. The van der Waals surface area contributed by atoms with Crippen LogP contribution in [0.15, 0.2) is 12.4 Å². The highest BCUT2D eigenvalue weighted by Gasteiger charge is 2.34. The number of amides is 1. The molecule has 2 heterocycles. The van der Waals surface area contributed by atoms with Crippen LogP contribution in [0.25, 0.3) is 0 Å². The second kappa shape index (κ2) is 8.22. The number of halogens is 1. The van der Waals surface area contributed by atoms with Crippen molar-refractivity contribution in [1.29, 1.82) is 0 Å². The van der Waals surface area contributed by atoms with Crippen LogP contribution in [0.1, 0.15) is 32.3 Å². The van der Waals surface area contributed by atoms with E-state index in [1.807, 2.05) is 31.2 Å². The summed E-state index contributed by atoms with van der Waals surface area (Å²) in [4.78, 5) is 12.4. The molecule has 0 unspecified atom stereocenters. The van der Waals surface area contributed by atoms with Gasteiger partial charge in [-0.05, 0) is 5.56 Å². The number of nitrogens with zero attached hydrogens (tertiary/aromatic N) is 2. The number of carbonyl (C=O) groups is 1. The van der Waals surface area contributed by atoms with Crippen LogP contribution in [0, 0.1) is 5.92 Å². The summed E-state index contributed by atoms with van der Waals surface area (Å²) in [6.07, 6.45) is 3.88. The average Bonchev–Trinajstić information content (AvgIpc) is 3.01. The molecule has 0 saturated carbocycles. The molecule has 1 amide bonds. The first-order valence-corrected chi connectivity index (χ1v) is 8.46. The number of carbonyl (C=O) groups excluding carboxylic acids is 1. The number of nitrogens with one attached hydrogen (secondary N) is 2. The number of hydrogen-bond donors (Lipinski definition) is 2. The van der Waals surface area contributed by atoms with Gasteiger partial charge in [-0.15, -0.1) is 12.4 Å². The van der Waals surface area contributed by atoms with Crippen molar-refractivity contribution in [3.05, 3.63) is 18.0 Å². The van der Waals surface area contributed by atoms with E-state index in [4.69, 9.17) is 0 Å². The van der Waals surface area contributed by atoms with Crippen molar-refractivity contribution >= 4 is 30.1 Å². The monoisotopic (exact) mass is 346 g/mol. The van der Waals surface area contributed by atoms with Crippen LogP contribution in [0.2, 0.25) is 0 Å². The minimum atomic E-state index is 0. The lowest BCUT2D eigenvalue weighted by molar-refractivity contribution is -0.124. The van der Waals surface area contributed by atoms with Gasteiger partial charge < -0.3 is 10.6 Å². The van der Waals surface area contributed by atoms with E-state index >= 15 is 0 Å². The van der Waals surface area contributed by atoms with Crippen molar-refractivity contribution in [2.75, 3.05) is 25.4 Å². The van der Waals surface area contributed by atoms with Crippen LogP contribution >= 0.6 is 24.2 Å². The van der Waals surface area contributed by atoms with E-state index in [1.165, 1.54) is 0 Å². The highest BCUT2D eigenvalue weighted by atomic mass is 35.5. The van der Waals surface area contributed by atoms with Crippen LogP contribution in [0.3, 0.4) is 0 Å². The number of rotatable bonds is 5. The number of aryl methyl sites for hydroxylation is 1. The van der Waals surface area contributed by atoms with Crippen molar-refractivity contribution in [3.8, 4) is 0 Å². The third kappa shape index (κ3) is 5.48. The summed E-state index contributed by atoms with van der Waals surface area (Å²) in [7, 11) is 1.91. The van der Waals surface area contributed by atoms with Gasteiger partial charge >= 0.3 is 0 Å². The minimum Gasteiger partial charge on any atom is -0.355 e. The minimum absolute atomic E-state index is 0. The Bertz CT molecular complexity index is 486. The molecule has 0 aliphatic carbocycles. The van der Waals surface area contributed by atoms with E-state index in [2.05, 4.69) is 36.5 Å². The Labute approximate surface area is 143 Å². The molecule has 1 aliphatic heterocycles. The molecule has 2 N–H and O–H groups in total. The first-order chi connectivity index (χ1) is 9.87. The van der Waals surface area contributed by atoms with Gasteiger partial charge in [0.1, 0.15) is 0 Å². The molecule has 2 rings (SSSR count). The summed E-state index contributed by atoms with van der Waals surface area (Å²) in [5, 5.41) is 10.6. The standard InChI is InChI=1S/C15H26N4OS.ClH/c1-15(2,3)21-6-5-17-14(20)13-9-16-8-12(13)11-7-18-19(4)10-11;/h7,10,12-13,16H,5-6,8-9H2,1-4H3,(H,17,20);1H/t12-,13+;/m1./s1. The lowest BCUT2D eigenvalue weighted by atomic mass is 9.90. The summed E-state index contributed by atoms with van der Waals surface area (Å²) in [6, 6.07) is 0. The number of aromatic nitrogens is 2. The molecule has 7 heteroatoms. The molecule has 1 aliphatic rings. The largest absolute Gasteiger partial charge is 0.355 e. The molecule has 1 fully saturated rings. The van der Waals surface area contributed by atoms with Gasteiger partial charge in [0.05, 0.1) is 12.1 Å². The van der Waals surface area contributed by atoms with Crippen molar-refractivity contribution in [1.82, 2.24) is 20.4 Å². The maximum absolute atomic E-state index is 12.4. The summed E-state index contributed by atoms with van der Waals surface area (Å²) in [5.74, 6) is 1.35. The van der Waals surface area contributed by atoms with Crippen molar-refractivity contribution < 1.29 is 4.79 Å². The summed E-state index contributed by atoms with van der Waals surface area (Å²) >= 11 is 1.87. The Morgan fingerprint density at radius 3 is 2.82 bits per heavy atom. The van der Waals surface area contributed by atoms with Gasteiger partial charge in [0.2, 0.25) is 5.91 Å². The van der Waals surface area contributed by atoms with Crippen molar-refractivity contribution in [2.45, 2.75) is 31.4 Å². The molecule has 1 saturated heterocycles. The molecule has 0 bridgehead atoms. The Kier molecular flexibility index (Phi) is 7.22. The van der Waals surface area contributed by atoms with Gasteiger partial charge in [-0.25, -0.2) is 0 Å². The first-order valence-electron chi connectivity index (χ1n) is 7.48. The second-order valence-electron chi connectivity index (χ2n) is 6.57. The summed E-state index contributed by atoms with van der Waals surface area (Å²) in [6.45, 7) is 8.91. The molecule has 22 heavy (non-hydrogen) atoms. The van der Waals surface area contributed by atoms with Crippen LogP contribution in [0.5, 0.6) is 0 Å². The van der Waals surface area contributed by atoms with Gasteiger partial charge in [0.25, 0.3) is 0 Å². The lowest BCUT2D eigenvalue weighted by Gasteiger charge is -2.19. The van der Waals surface area contributed by atoms with E-state index in [1.54, 1.807) is 4.68 Å². The third-order valence-electron chi connectivity index (χ3n) is 3.64. The maximum Gasteiger partial charge on any atom is 0.225 e. The molecule has 5 nitrogen and oxygen atoms in total. The Balaban J connectivity index is 0.00000242. The van der Waals surface area contributed by atoms with Gasteiger partial charge in [-0.1, -0.05) is 20.8 Å². The predicted molar refractivity (Wildman–Crippen MR) is 94.8 cm³/mol. The smallest absolute Gasteiger partial charge is 0.225 e. The zero-order valence-corrected chi connectivity index (χ0v) is 15.4. The van der Waals surface area contributed by atoms with Crippen LogP contribution in [-0.4, -0.2) is 45.8 Å². The summed E-state index contributed by atoms with van der Waals surface area (Å²) < 4.78 is 2.04. The third-order valence-corrected chi connectivity index (χ3v) is 4.91. The fourth-order valence-electron chi connectivity index (χ4n) is 2.60. The van der Waals surface area contributed by atoms with Crippen LogP contribution < -0.4 is 10.6 Å². The van der Waals surface area contributed by atoms with Crippen molar-refractivity contribution in [3.63, 3.8) is 0 Å². The SMILES string of the molecule is Cl.Cn1cc([C@H]2CNC[C@@H]2C(=O)NCCSC(C)(C)C)cn1. The Morgan fingerprint density at radius 2 is 2.23 bits per heavy atom.